The lowest BCUT2D eigenvalue weighted by Gasteiger charge is -2.32. The number of benzene rings is 2. The summed E-state index contributed by atoms with van der Waals surface area (Å²) >= 11 is 4.46. The molecule has 0 fully saturated rings. The molecule has 0 aliphatic heterocycles. The van der Waals surface area contributed by atoms with Gasteiger partial charge in [0.25, 0.3) is 0 Å². The number of phenols is 1. The number of aryl methyl sites for hydroxylation is 1. The van der Waals surface area contributed by atoms with Crippen LogP contribution in [0, 0.1) is 18.6 Å². The lowest BCUT2D eigenvalue weighted by molar-refractivity contribution is -0.144. The fourth-order valence-electron chi connectivity index (χ4n) is 3.07. The van der Waals surface area contributed by atoms with Crippen molar-refractivity contribution in [3.63, 3.8) is 0 Å². The molecule has 0 aromatic heterocycles. The van der Waals surface area contributed by atoms with E-state index in [1.807, 2.05) is 0 Å². The average Bonchev–Trinajstić information content (AvgIpc) is 2.64. The maximum atomic E-state index is 15.3. The summed E-state index contributed by atoms with van der Waals surface area (Å²) in [5.74, 6) is -2.29. The van der Waals surface area contributed by atoms with Crippen molar-refractivity contribution >= 4 is 24.7 Å². The predicted octanol–water partition coefficient (Wildman–Crippen LogP) is 5.21. The maximum Gasteiger partial charge on any atom is 0.409 e. The molecule has 0 saturated carbocycles. The molecule has 2 aromatic carbocycles. The van der Waals surface area contributed by atoms with E-state index in [4.69, 9.17) is 9.47 Å². The van der Waals surface area contributed by atoms with Crippen molar-refractivity contribution in [3.8, 4) is 16.9 Å². The van der Waals surface area contributed by atoms with E-state index in [9.17, 15) is 19.1 Å². The molecule has 2 rings (SSSR count). The van der Waals surface area contributed by atoms with Gasteiger partial charge in [0.2, 0.25) is 0 Å². The van der Waals surface area contributed by atoms with Crippen LogP contribution >= 0.6 is 12.6 Å². The second-order valence-electron chi connectivity index (χ2n) is 8.29. The first-order chi connectivity index (χ1) is 14.8. The van der Waals surface area contributed by atoms with Crippen molar-refractivity contribution < 1.29 is 33.0 Å². The molecule has 6 nitrogen and oxygen atoms in total. The SMILES string of the molecule is CCOC(=O)C[C@@](S)(NC(=O)OC(C)(C)C)c1cc(-c2cc(F)ccc2O)cc(C)c1F. The number of halogens is 2. The minimum Gasteiger partial charge on any atom is -0.507 e. The topological polar surface area (TPSA) is 84.9 Å². The van der Waals surface area contributed by atoms with Crippen LogP contribution in [0.1, 0.15) is 45.2 Å². The highest BCUT2D eigenvalue weighted by Gasteiger charge is 2.38. The number of alkyl carbamates (subject to hydrolysis) is 1. The normalized spacial score (nSPS) is 13.2. The van der Waals surface area contributed by atoms with Gasteiger partial charge in [-0.05, 0) is 76.1 Å². The third kappa shape index (κ3) is 6.35. The first-order valence-electron chi connectivity index (χ1n) is 9.94. The molecule has 1 amide bonds. The van der Waals surface area contributed by atoms with Crippen LogP contribution < -0.4 is 5.32 Å². The van der Waals surface area contributed by atoms with Gasteiger partial charge in [-0.25, -0.2) is 13.6 Å². The van der Waals surface area contributed by atoms with E-state index < -0.39 is 40.6 Å². The molecule has 0 aliphatic rings. The predicted molar refractivity (Wildman–Crippen MR) is 119 cm³/mol. The quantitative estimate of drug-likeness (QED) is 0.309. The van der Waals surface area contributed by atoms with E-state index in [2.05, 4.69) is 17.9 Å². The van der Waals surface area contributed by atoms with E-state index in [0.29, 0.717) is 0 Å². The molecule has 0 heterocycles. The Balaban J connectivity index is 2.63. The number of nitrogens with one attached hydrogen (secondary N) is 1. The molecule has 0 aliphatic carbocycles. The molecule has 0 unspecified atom stereocenters. The summed E-state index contributed by atoms with van der Waals surface area (Å²) < 4.78 is 39.3. The van der Waals surface area contributed by atoms with Crippen LogP contribution in [-0.2, 0) is 19.1 Å². The lowest BCUT2D eigenvalue weighted by Crippen LogP contribution is -2.46. The van der Waals surface area contributed by atoms with Crippen LogP contribution in [0.3, 0.4) is 0 Å². The summed E-state index contributed by atoms with van der Waals surface area (Å²) in [4.78, 5) is 22.9. The van der Waals surface area contributed by atoms with E-state index in [0.717, 1.165) is 12.1 Å². The van der Waals surface area contributed by atoms with Crippen LogP contribution in [0.4, 0.5) is 13.6 Å². The zero-order chi connectivity index (χ0) is 24.3. The monoisotopic (exact) mass is 467 g/mol. The van der Waals surface area contributed by atoms with Gasteiger partial charge in [0.15, 0.2) is 0 Å². The van der Waals surface area contributed by atoms with Crippen molar-refractivity contribution in [3.05, 3.63) is 53.1 Å². The summed E-state index contributed by atoms with van der Waals surface area (Å²) in [6.07, 6.45) is -1.44. The molecule has 9 heteroatoms. The van der Waals surface area contributed by atoms with E-state index >= 15 is 4.39 Å². The summed E-state index contributed by atoms with van der Waals surface area (Å²) in [5.41, 5.74) is -0.512. The number of carbonyl (C=O) groups excluding carboxylic acids is 2. The molecule has 0 bridgehead atoms. The maximum absolute atomic E-state index is 15.3. The van der Waals surface area contributed by atoms with E-state index in [1.54, 1.807) is 27.7 Å². The second-order valence-corrected chi connectivity index (χ2v) is 9.05. The minimum atomic E-state index is -1.86. The van der Waals surface area contributed by atoms with Crippen LogP contribution in [0.25, 0.3) is 11.1 Å². The number of esters is 1. The van der Waals surface area contributed by atoms with Crippen molar-refractivity contribution in [2.45, 2.75) is 51.5 Å². The number of ether oxygens (including phenoxy) is 2. The molecule has 0 radical (unpaired) electrons. The van der Waals surface area contributed by atoms with Crippen molar-refractivity contribution in [2.24, 2.45) is 0 Å². The first-order valence-corrected chi connectivity index (χ1v) is 10.4. The number of hydrogen-bond donors (Lipinski definition) is 3. The molecule has 0 saturated heterocycles. The molecule has 2 aromatic rings. The van der Waals surface area contributed by atoms with E-state index in [-0.39, 0.29) is 34.6 Å². The Hall–Kier alpha value is -2.81. The summed E-state index contributed by atoms with van der Waals surface area (Å²) in [6.45, 7) is 8.10. The Morgan fingerprint density at radius 3 is 2.41 bits per heavy atom. The van der Waals surface area contributed by atoms with Crippen LogP contribution in [-0.4, -0.2) is 29.4 Å². The third-order valence-corrected chi connectivity index (χ3v) is 4.89. The zero-order valence-corrected chi connectivity index (χ0v) is 19.5. The highest BCUT2D eigenvalue weighted by atomic mass is 32.1. The summed E-state index contributed by atoms with van der Waals surface area (Å²) in [5, 5.41) is 12.6. The molecule has 1 atom stereocenters. The van der Waals surface area contributed by atoms with Gasteiger partial charge in [-0.2, -0.15) is 0 Å². The summed E-state index contributed by atoms with van der Waals surface area (Å²) in [7, 11) is 0. The largest absolute Gasteiger partial charge is 0.507 e. The Morgan fingerprint density at radius 2 is 1.81 bits per heavy atom. The number of hydrogen-bond acceptors (Lipinski definition) is 6. The third-order valence-electron chi connectivity index (χ3n) is 4.38. The standard InChI is InChI=1S/C23H27F2NO5S/c1-6-30-19(28)12-23(32,26-21(29)31-22(3,4)5)17-10-14(9-13(2)20(17)25)16-11-15(24)7-8-18(16)27/h7-11,27,32H,6,12H2,1-5H3,(H,26,29)/t23-/m0/s1. The minimum absolute atomic E-state index is 0.0772. The van der Waals surface area contributed by atoms with Gasteiger partial charge >= 0.3 is 12.1 Å². The van der Waals surface area contributed by atoms with Gasteiger partial charge in [0.1, 0.15) is 27.9 Å². The van der Waals surface area contributed by atoms with Crippen molar-refractivity contribution in [1.82, 2.24) is 5.32 Å². The van der Waals surface area contributed by atoms with E-state index in [1.165, 1.54) is 25.1 Å². The molecule has 174 valence electrons. The molecular weight excluding hydrogens is 440 g/mol. The zero-order valence-electron chi connectivity index (χ0n) is 18.6. The first kappa shape index (κ1) is 25.5. The molecular formula is C23H27F2NO5S. The Kier molecular flexibility index (Phi) is 7.77. The highest BCUT2D eigenvalue weighted by molar-refractivity contribution is 7.81. The molecule has 2 N–H and O–H groups in total. The lowest BCUT2D eigenvalue weighted by atomic mass is 9.93. The van der Waals surface area contributed by atoms with Gasteiger partial charge in [-0.3, -0.25) is 4.79 Å². The summed E-state index contributed by atoms with van der Waals surface area (Å²) in [6, 6.07) is 6.07. The Bertz CT molecular complexity index is 1020. The number of aromatic hydroxyl groups is 1. The molecule has 32 heavy (non-hydrogen) atoms. The number of thiol groups is 1. The van der Waals surface area contributed by atoms with Gasteiger partial charge in [0.05, 0.1) is 13.0 Å². The van der Waals surface area contributed by atoms with Crippen molar-refractivity contribution in [1.29, 1.82) is 0 Å². The Morgan fingerprint density at radius 1 is 1.16 bits per heavy atom. The van der Waals surface area contributed by atoms with Gasteiger partial charge in [-0.1, -0.05) is 0 Å². The number of rotatable bonds is 6. The van der Waals surface area contributed by atoms with Crippen LogP contribution in [0.2, 0.25) is 0 Å². The number of amides is 1. The number of phenolic OH excluding ortho intramolecular Hbond substituents is 1. The van der Waals surface area contributed by atoms with Gasteiger partial charge in [0, 0.05) is 11.1 Å². The fourth-order valence-corrected chi connectivity index (χ4v) is 3.45. The van der Waals surface area contributed by atoms with Gasteiger partial charge in [-0.15, -0.1) is 12.6 Å². The average molecular weight is 468 g/mol. The van der Waals surface area contributed by atoms with Gasteiger partial charge < -0.3 is 19.9 Å². The highest BCUT2D eigenvalue weighted by Crippen LogP contribution is 2.38. The Labute approximate surface area is 191 Å². The number of carbonyl (C=O) groups is 2. The van der Waals surface area contributed by atoms with Crippen LogP contribution in [0.5, 0.6) is 5.75 Å². The smallest absolute Gasteiger partial charge is 0.409 e. The van der Waals surface area contributed by atoms with Crippen LogP contribution in [0.15, 0.2) is 30.3 Å². The fraction of sp³-hybridized carbons (Fsp3) is 0.391. The molecule has 0 spiro atoms. The second kappa shape index (κ2) is 9.77. The van der Waals surface area contributed by atoms with Crippen molar-refractivity contribution in [2.75, 3.05) is 6.61 Å².